The van der Waals surface area contributed by atoms with Crippen LogP contribution >= 0.6 is 11.6 Å². The molecule has 0 atom stereocenters. The van der Waals surface area contributed by atoms with Gasteiger partial charge < -0.3 is 10.0 Å². The highest BCUT2D eigenvalue weighted by atomic mass is 35.5. The maximum absolute atomic E-state index is 13.6. The van der Waals surface area contributed by atoms with Gasteiger partial charge in [0.05, 0.1) is 28.6 Å². The molecule has 0 radical (unpaired) electrons. The zero-order valence-electron chi connectivity index (χ0n) is 16.1. The Morgan fingerprint density at radius 3 is 2.74 bits per heavy atom. The first-order chi connectivity index (χ1) is 14.9. The van der Waals surface area contributed by atoms with E-state index in [4.69, 9.17) is 11.6 Å². The van der Waals surface area contributed by atoms with Gasteiger partial charge in [-0.1, -0.05) is 11.6 Å². The van der Waals surface area contributed by atoms with Crippen molar-refractivity contribution in [2.45, 2.75) is 19.5 Å². The summed E-state index contributed by atoms with van der Waals surface area (Å²) in [7, 11) is 0. The normalized spacial score (nSPS) is 14.4. The molecule has 4 aromatic rings. The van der Waals surface area contributed by atoms with Crippen LogP contribution in [-0.4, -0.2) is 48.9 Å². The maximum atomic E-state index is 13.6. The number of aliphatic hydroxyl groups is 1. The van der Waals surface area contributed by atoms with Crippen LogP contribution in [0.15, 0.2) is 24.5 Å². The van der Waals surface area contributed by atoms with E-state index in [9.17, 15) is 19.1 Å². The standard InChI is InChI=1S/C20H14ClF2N7O/c1-9-15(16-12-3-2-10(21)4-14(12)25-8-26-16)20(29-6-11(31)7-29)30-19(27-9)13(5-24)17(28-30)18(22)23/h2-4,8,11,18,31H,6-7H2,1H3. The molecule has 1 fully saturated rings. The number of rotatable bonds is 3. The van der Waals surface area contributed by atoms with Gasteiger partial charge in [-0.2, -0.15) is 14.9 Å². The molecule has 8 nitrogen and oxygen atoms in total. The number of benzene rings is 1. The van der Waals surface area contributed by atoms with E-state index >= 15 is 0 Å². The summed E-state index contributed by atoms with van der Waals surface area (Å²) in [6, 6.07) is 6.99. The second kappa shape index (κ2) is 7.08. The van der Waals surface area contributed by atoms with E-state index in [2.05, 4.69) is 20.1 Å². The Hall–Kier alpha value is -3.42. The molecule has 1 aromatic carbocycles. The van der Waals surface area contributed by atoms with Crippen LogP contribution in [0.3, 0.4) is 0 Å². The Bertz CT molecular complexity index is 1390. The van der Waals surface area contributed by atoms with Crippen LogP contribution in [0.5, 0.6) is 0 Å². The molecule has 0 amide bonds. The summed E-state index contributed by atoms with van der Waals surface area (Å²) >= 11 is 6.10. The van der Waals surface area contributed by atoms with Gasteiger partial charge in [-0.3, -0.25) is 0 Å². The molecule has 1 aliphatic heterocycles. The average molecular weight is 442 g/mol. The second-order valence-corrected chi connectivity index (χ2v) is 7.68. The molecule has 0 spiro atoms. The number of aliphatic hydroxyl groups excluding tert-OH is 1. The molecule has 11 heteroatoms. The van der Waals surface area contributed by atoms with Gasteiger partial charge in [0.25, 0.3) is 6.43 Å². The number of anilines is 1. The highest BCUT2D eigenvalue weighted by Crippen LogP contribution is 2.39. The molecular formula is C20H14ClF2N7O. The molecule has 0 bridgehead atoms. The number of hydrogen-bond acceptors (Lipinski definition) is 7. The van der Waals surface area contributed by atoms with E-state index in [1.807, 2.05) is 0 Å². The van der Waals surface area contributed by atoms with Crippen molar-refractivity contribution in [3.63, 3.8) is 0 Å². The number of nitriles is 1. The topological polar surface area (TPSA) is 103 Å². The lowest BCUT2D eigenvalue weighted by Crippen LogP contribution is -2.52. The van der Waals surface area contributed by atoms with E-state index in [1.54, 1.807) is 36.1 Å². The molecule has 0 unspecified atom stereocenters. The smallest absolute Gasteiger partial charge is 0.283 e. The van der Waals surface area contributed by atoms with E-state index in [1.165, 1.54) is 10.8 Å². The number of halogens is 3. The van der Waals surface area contributed by atoms with Gasteiger partial charge in [0.1, 0.15) is 29.5 Å². The fourth-order valence-electron chi connectivity index (χ4n) is 3.85. The van der Waals surface area contributed by atoms with Crippen molar-refractivity contribution in [1.29, 1.82) is 5.26 Å². The first-order valence-electron chi connectivity index (χ1n) is 9.34. The predicted octanol–water partition coefficient (Wildman–Crippen LogP) is 3.29. The molecule has 5 rings (SSSR count). The monoisotopic (exact) mass is 441 g/mol. The highest BCUT2D eigenvalue weighted by molar-refractivity contribution is 6.31. The summed E-state index contributed by atoms with van der Waals surface area (Å²) in [6.07, 6.45) is -2.10. The largest absolute Gasteiger partial charge is 0.389 e. The molecule has 4 heterocycles. The van der Waals surface area contributed by atoms with Crippen molar-refractivity contribution in [1.82, 2.24) is 24.6 Å². The maximum Gasteiger partial charge on any atom is 0.283 e. The molecule has 31 heavy (non-hydrogen) atoms. The van der Waals surface area contributed by atoms with Crippen molar-refractivity contribution < 1.29 is 13.9 Å². The summed E-state index contributed by atoms with van der Waals surface area (Å²) in [5, 5.41) is 24.6. The van der Waals surface area contributed by atoms with Crippen LogP contribution in [0.1, 0.15) is 23.4 Å². The minimum atomic E-state index is -2.93. The molecule has 3 aromatic heterocycles. The van der Waals surface area contributed by atoms with Crippen LogP contribution in [0, 0.1) is 18.3 Å². The van der Waals surface area contributed by atoms with Gasteiger partial charge in [-0.05, 0) is 25.1 Å². The van der Waals surface area contributed by atoms with Crippen molar-refractivity contribution in [3.8, 4) is 17.3 Å². The lowest BCUT2D eigenvalue weighted by molar-refractivity contribution is 0.140. The quantitative estimate of drug-likeness (QED) is 0.520. The van der Waals surface area contributed by atoms with Crippen LogP contribution in [0.4, 0.5) is 14.6 Å². The van der Waals surface area contributed by atoms with Gasteiger partial charge in [0.15, 0.2) is 5.65 Å². The number of nitrogens with zero attached hydrogens (tertiary/aromatic N) is 7. The minimum absolute atomic E-state index is 0.0387. The van der Waals surface area contributed by atoms with Gasteiger partial charge >= 0.3 is 0 Å². The zero-order valence-corrected chi connectivity index (χ0v) is 16.8. The zero-order chi connectivity index (χ0) is 21.9. The second-order valence-electron chi connectivity index (χ2n) is 7.25. The summed E-state index contributed by atoms with van der Waals surface area (Å²) in [6.45, 7) is 2.29. The van der Waals surface area contributed by atoms with E-state index < -0.39 is 18.2 Å². The molecular weight excluding hydrogens is 428 g/mol. The number of aryl methyl sites for hydroxylation is 1. The van der Waals surface area contributed by atoms with Crippen LogP contribution in [-0.2, 0) is 0 Å². The Morgan fingerprint density at radius 1 is 1.29 bits per heavy atom. The lowest BCUT2D eigenvalue weighted by Gasteiger charge is -2.38. The summed E-state index contributed by atoms with van der Waals surface area (Å²) < 4.78 is 28.4. The number of fused-ring (bicyclic) bond motifs is 2. The molecule has 1 saturated heterocycles. The number of alkyl halides is 2. The third-order valence-corrected chi connectivity index (χ3v) is 5.50. The number of β-amino-alcohol motifs (C(OH)–C–C–N with tert-alkyl or cyclic N) is 1. The molecule has 1 aliphatic rings. The number of aromatic nitrogens is 5. The average Bonchev–Trinajstić information content (AvgIpc) is 3.08. The third kappa shape index (κ3) is 2.97. The molecule has 1 N–H and O–H groups in total. The van der Waals surface area contributed by atoms with Crippen LogP contribution in [0.25, 0.3) is 27.8 Å². The van der Waals surface area contributed by atoms with E-state index in [0.717, 1.165) is 0 Å². The molecule has 156 valence electrons. The first kappa shape index (κ1) is 19.5. The molecule has 0 aliphatic carbocycles. The minimum Gasteiger partial charge on any atom is -0.389 e. The Labute approximate surface area is 179 Å². The van der Waals surface area contributed by atoms with Crippen molar-refractivity contribution in [2.75, 3.05) is 18.0 Å². The highest BCUT2D eigenvalue weighted by Gasteiger charge is 2.33. The van der Waals surface area contributed by atoms with Gasteiger partial charge in [0.2, 0.25) is 0 Å². The van der Waals surface area contributed by atoms with Gasteiger partial charge in [-0.15, -0.1) is 0 Å². The van der Waals surface area contributed by atoms with E-state index in [0.29, 0.717) is 38.7 Å². The predicted molar refractivity (Wildman–Crippen MR) is 109 cm³/mol. The van der Waals surface area contributed by atoms with E-state index in [-0.39, 0.29) is 24.3 Å². The fourth-order valence-corrected chi connectivity index (χ4v) is 4.01. The molecule has 0 saturated carbocycles. The van der Waals surface area contributed by atoms with Crippen LogP contribution in [0.2, 0.25) is 5.02 Å². The lowest BCUT2D eigenvalue weighted by atomic mass is 10.0. The summed E-state index contributed by atoms with van der Waals surface area (Å²) in [4.78, 5) is 14.9. The van der Waals surface area contributed by atoms with Crippen molar-refractivity contribution in [3.05, 3.63) is 46.5 Å². The SMILES string of the molecule is Cc1nc2c(C#N)c(C(F)F)nn2c(N2CC(O)C2)c1-c1ncnc2cc(Cl)ccc12. The van der Waals surface area contributed by atoms with Crippen LogP contribution < -0.4 is 4.90 Å². The van der Waals surface area contributed by atoms with Gasteiger partial charge in [0, 0.05) is 23.5 Å². The number of hydrogen-bond donors (Lipinski definition) is 1. The van der Waals surface area contributed by atoms with Crippen molar-refractivity contribution >= 4 is 34.0 Å². The van der Waals surface area contributed by atoms with Gasteiger partial charge in [-0.25, -0.2) is 23.7 Å². The third-order valence-electron chi connectivity index (χ3n) is 5.26. The summed E-state index contributed by atoms with van der Waals surface area (Å²) in [5.74, 6) is 0.436. The Kier molecular flexibility index (Phi) is 4.46. The first-order valence-corrected chi connectivity index (χ1v) is 9.72. The summed E-state index contributed by atoms with van der Waals surface area (Å²) in [5.41, 5.74) is 1.31. The fraction of sp³-hybridized carbons (Fsp3) is 0.250. The Balaban J connectivity index is 1.89. The van der Waals surface area contributed by atoms with Crippen molar-refractivity contribution in [2.24, 2.45) is 0 Å². The Morgan fingerprint density at radius 2 is 2.06 bits per heavy atom.